The Bertz CT molecular complexity index is 88.8. The SMILES string of the molecule is C1CNNNC1.CO.O=S(Cl)Cl. The molecule has 1 saturated heterocycles. The van der Waals surface area contributed by atoms with Crippen molar-refractivity contribution in [2.45, 2.75) is 6.42 Å². The summed E-state index contributed by atoms with van der Waals surface area (Å²) in [5, 5.41) is 7.00. The Hall–Kier alpha value is 0.570. The lowest BCUT2D eigenvalue weighted by molar-refractivity contribution is 0.372. The molecule has 0 aromatic heterocycles. The van der Waals surface area contributed by atoms with Gasteiger partial charge in [0.2, 0.25) is 9.23 Å². The van der Waals surface area contributed by atoms with Gasteiger partial charge in [-0.15, -0.1) is 0 Å². The van der Waals surface area contributed by atoms with Gasteiger partial charge in [0, 0.05) is 41.6 Å². The minimum Gasteiger partial charge on any atom is -0.400 e. The molecule has 76 valence electrons. The van der Waals surface area contributed by atoms with Crippen LogP contribution < -0.4 is 16.4 Å². The molecule has 1 rings (SSSR count). The monoisotopic (exact) mass is 237 g/mol. The number of aliphatic hydroxyl groups is 1. The summed E-state index contributed by atoms with van der Waals surface area (Å²) < 4.78 is 9.09. The Morgan fingerprint density at radius 3 is 1.67 bits per heavy atom. The molecule has 0 amide bonds. The summed E-state index contributed by atoms with van der Waals surface area (Å²) in [7, 11) is 8.36. The highest BCUT2D eigenvalue weighted by atomic mass is 36.0. The van der Waals surface area contributed by atoms with Gasteiger partial charge in [0.25, 0.3) is 0 Å². The van der Waals surface area contributed by atoms with Crippen LogP contribution in [-0.2, 0) is 9.23 Å². The molecule has 12 heavy (non-hydrogen) atoms. The number of hydrazine groups is 2. The summed E-state index contributed by atoms with van der Waals surface area (Å²) in [4.78, 5) is 0. The second-order valence-corrected chi connectivity index (χ2v) is 4.04. The number of rotatable bonds is 0. The first-order chi connectivity index (χ1) is 5.73. The Morgan fingerprint density at radius 1 is 1.25 bits per heavy atom. The summed E-state index contributed by atoms with van der Waals surface area (Å²) >= 11 is 0. The molecule has 1 aliphatic rings. The molecule has 0 aliphatic carbocycles. The van der Waals surface area contributed by atoms with Crippen LogP contribution in [-0.4, -0.2) is 29.5 Å². The zero-order valence-electron chi connectivity index (χ0n) is 6.64. The molecule has 5 nitrogen and oxygen atoms in total. The third kappa shape index (κ3) is 22.4. The van der Waals surface area contributed by atoms with Gasteiger partial charge in [0.05, 0.1) is 0 Å². The van der Waals surface area contributed by atoms with Crippen molar-refractivity contribution in [3.63, 3.8) is 0 Å². The molecule has 0 aromatic rings. The number of nitrogens with one attached hydrogen (secondary N) is 3. The van der Waals surface area contributed by atoms with Gasteiger partial charge >= 0.3 is 0 Å². The Labute approximate surface area is 83.2 Å². The first kappa shape index (κ1) is 15.1. The molecule has 0 bridgehead atoms. The zero-order chi connectivity index (χ0) is 9.82. The highest BCUT2D eigenvalue weighted by Crippen LogP contribution is 1.89. The molecular formula is C4H13Cl2N3O2S. The minimum atomic E-state index is -1.67. The lowest BCUT2D eigenvalue weighted by atomic mass is 10.4. The van der Waals surface area contributed by atoms with Crippen LogP contribution in [0.4, 0.5) is 0 Å². The van der Waals surface area contributed by atoms with Crippen LogP contribution in [0.15, 0.2) is 0 Å². The normalized spacial score (nSPS) is 15.4. The fourth-order valence-electron chi connectivity index (χ4n) is 0.453. The largest absolute Gasteiger partial charge is 0.400 e. The summed E-state index contributed by atoms with van der Waals surface area (Å²) in [5.41, 5.74) is 8.63. The van der Waals surface area contributed by atoms with E-state index >= 15 is 0 Å². The molecule has 4 N–H and O–H groups in total. The molecule has 0 unspecified atom stereocenters. The second-order valence-electron chi connectivity index (χ2n) is 1.52. The maximum Gasteiger partial charge on any atom is 0.211 e. The van der Waals surface area contributed by atoms with Crippen molar-refractivity contribution < 1.29 is 9.32 Å². The van der Waals surface area contributed by atoms with Gasteiger partial charge in [0.1, 0.15) is 0 Å². The summed E-state index contributed by atoms with van der Waals surface area (Å²) in [6, 6.07) is 0. The molecule has 0 saturated carbocycles. The van der Waals surface area contributed by atoms with Crippen LogP contribution >= 0.6 is 21.4 Å². The predicted molar refractivity (Wildman–Crippen MR) is 51.7 cm³/mol. The number of hydrogen-bond acceptors (Lipinski definition) is 5. The van der Waals surface area contributed by atoms with Crippen molar-refractivity contribution in [3.8, 4) is 0 Å². The van der Waals surface area contributed by atoms with E-state index < -0.39 is 9.23 Å². The molecule has 0 atom stereocenters. The van der Waals surface area contributed by atoms with Crippen molar-refractivity contribution in [2.24, 2.45) is 0 Å². The molecule has 1 fully saturated rings. The van der Waals surface area contributed by atoms with Gasteiger partial charge < -0.3 is 5.11 Å². The molecular weight excluding hydrogens is 225 g/mol. The van der Waals surface area contributed by atoms with Crippen molar-refractivity contribution in [1.29, 1.82) is 0 Å². The van der Waals surface area contributed by atoms with E-state index in [0.29, 0.717) is 0 Å². The highest BCUT2D eigenvalue weighted by Gasteiger charge is 1.90. The average Bonchev–Trinajstić information content (AvgIpc) is 2.10. The van der Waals surface area contributed by atoms with Gasteiger partial charge in [0.15, 0.2) is 0 Å². The number of hydrogen-bond donors (Lipinski definition) is 4. The van der Waals surface area contributed by atoms with Crippen LogP contribution in [0.2, 0.25) is 0 Å². The maximum atomic E-state index is 9.09. The van der Waals surface area contributed by atoms with Crippen molar-refractivity contribution in [1.82, 2.24) is 16.4 Å². The Morgan fingerprint density at radius 2 is 1.58 bits per heavy atom. The predicted octanol–water partition coefficient (Wildman–Crippen LogP) is -0.360. The van der Waals surface area contributed by atoms with Crippen LogP contribution in [0, 0.1) is 0 Å². The Balaban J connectivity index is 0. The molecule has 1 heterocycles. The van der Waals surface area contributed by atoms with E-state index in [1.54, 1.807) is 0 Å². The van der Waals surface area contributed by atoms with E-state index in [0.717, 1.165) is 20.2 Å². The second kappa shape index (κ2) is 14.1. The molecule has 0 spiro atoms. The smallest absolute Gasteiger partial charge is 0.211 e. The quantitative estimate of drug-likeness (QED) is 0.434. The van der Waals surface area contributed by atoms with Crippen molar-refractivity contribution >= 4 is 30.6 Å². The topological polar surface area (TPSA) is 73.4 Å². The molecule has 1 aliphatic heterocycles. The zero-order valence-corrected chi connectivity index (χ0v) is 8.97. The van der Waals surface area contributed by atoms with E-state index in [4.69, 9.17) is 9.32 Å². The summed E-state index contributed by atoms with van der Waals surface area (Å²) in [5.74, 6) is 0. The van der Waals surface area contributed by atoms with E-state index in [1.807, 2.05) is 0 Å². The number of halogens is 2. The molecule has 0 radical (unpaired) electrons. The first-order valence-electron chi connectivity index (χ1n) is 3.13. The summed E-state index contributed by atoms with van der Waals surface area (Å²) in [6.45, 7) is 2.15. The van der Waals surface area contributed by atoms with Crippen molar-refractivity contribution in [2.75, 3.05) is 20.2 Å². The third-order valence-corrected chi connectivity index (χ3v) is 0.780. The van der Waals surface area contributed by atoms with E-state index in [-0.39, 0.29) is 0 Å². The van der Waals surface area contributed by atoms with Crippen LogP contribution in [0.1, 0.15) is 6.42 Å². The van der Waals surface area contributed by atoms with Gasteiger partial charge in [-0.1, -0.05) is 0 Å². The lowest BCUT2D eigenvalue weighted by Crippen LogP contribution is -2.49. The fourth-order valence-corrected chi connectivity index (χ4v) is 0.453. The third-order valence-electron chi connectivity index (χ3n) is 0.780. The first-order valence-corrected chi connectivity index (χ1v) is 5.93. The fraction of sp³-hybridized carbons (Fsp3) is 1.00. The van der Waals surface area contributed by atoms with Gasteiger partial charge in [-0.25, -0.2) is 15.1 Å². The lowest BCUT2D eigenvalue weighted by Gasteiger charge is -2.12. The van der Waals surface area contributed by atoms with Gasteiger partial charge in [-0.2, -0.15) is 5.53 Å². The average molecular weight is 238 g/mol. The minimum absolute atomic E-state index is 1.00. The van der Waals surface area contributed by atoms with E-state index in [1.165, 1.54) is 6.42 Å². The van der Waals surface area contributed by atoms with Crippen LogP contribution in [0.3, 0.4) is 0 Å². The van der Waals surface area contributed by atoms with Crippen LogP contribution in [0.25, 0.3) is 0 Å². The van der Waals surface area contributed by atoms with E-state index in [2.05, 4.69) is 37.8 Å². The van der Waals surface area contributed by atoms with E-state index in [9.17, 15) is 0 Å². The summed E-state index contributed by atoms with van der Waals surface area (Å²) in [6.07, 6.45) is 1.22. The number of aliphatic hydroxyl groups excluding tert-OH is 1. The maximum absolute atomic E-state index is 9.09. The highest BCUT2D eigenvalue weighted by molar-refractivity contribution is 8.26. The molecule has 8 heteroatoms. The standard InChI is InChI=1S/C3H9N3.CH4O.Cl2OS/c1-2-4-6-5-3-1;1-2;1-4(2)3/h4-6H,1-3H2;2H,1H3;. The van der Waals surface area contributed by atoms with Gasteiger partial charge in [-0.05, 0) is 6.42 Å². The van der Waals surface area contributed by atoms with Crippen LogP contribution in [0.5, 0.6) is 0 Å². The van der Waals surface area contributed by atoms with Gasteiger partial charge in [-0.3, -0.25) is 0 Å². The van der Waals surface area contributed by atoms with Crippen molar-refractivity contribution in [3.05, 3.63) is 0 Å². The Kier molecular flexibility index (Phi) is 17.7. The molecule has 0 aromatic carbocycles.